The Bertz CT molecular complexity index is 317. The molecular formula is C13H26N2O3. The summed E-state index contributed by atoms with van der Waals surface area (Å²) in [5.74, 6) is -1.15. The Labute approximate surface area is 109 Å². The molecular weight excluding hydrogens is 232 g/mol. The molecule has 0 aromatic rings. The molecule has 5 nitrogen and oxygen atoms in total. The first-order valence-electron chi connectivity index (χ1n) is 6.22. The third-order valence-corrected chi connectivity index (χ3v) is 3.49. The highest BCUT2D eigenvalue weighted by atomic mass is 16.4. The molecule has 0 spiro atoms. The minimum atomic E-state index is -1.01. The Hall–Kier alpha value is -1.10. The second-order valence-electron chi connectivity index (χ2n) is 6.34. The van der Waals surface area contributed by atoms with Crippen molar-refractivity contribution < 1.29 is 14.7 Å². The maximum absolute atomic E-state index is 12.2. The lowest BCUT2D eigenvalue weighted by Crippen LogP contribution is -2.58. The summed E-state index contributed by atoms with van der Waals surface area (Å²) in [6.45, 7) is 10.8. The Balaban J connectivity index is 4.86. The molecule has 5 heteroatoms. The van der Waals surface area contributed by atoms with Gasteiger partial charge in [-0.05, 0) is 40.0 Å². The summed E-state index contributed by atoms with van der Waals surface area (Å²) < 4.78 is 0. The number of hydrogen-bond donors (Lipinski definition) is 3. The van der Waals surface area contributed by atoms with Crippen molar-refractivity contribution in [1.82, 2.24) is 5.32 Å². The number of carboxylic acids is 1. The van der Waals surface area contributed by atoms with Crippen LogP contribution in [0.1, 0.15) is 48.0 Å². The first-order valence-corrected chi connectivity index (χ1v) is 6.22. The first-order chi connectivity index (χ1) is 7.89. The van der Waals surface area contributed by atoms with Crippen LogP contribution in [-0.2, 0) is 9.59 Å². The average molecular weight is 258 g/mol. The Morgan fingerprint density at radius 2 is 1.67 bits per heavy atom. The van der Waals surface area contributed by atoms with E-state index in [0.717, 1.165) is 0 Å². The molecule has 0 heterocycles. The quantitative estimate of drug-likeness (QED) is 0.671. The third-order valence-electron chi connectivity index (χ3n) is 3.49. The van der Waals surface area contributed by atoms with Crippen LogP contribution in [-0.4, -0.2) is 28.6 Å². The van der Waals surface area contributed by atoms with Crippen LogP contribution in [0.4, 0.5) is 0 Å². The van der Waals surface area contributed by atoms with Gasteiger partial charge in [-0.2, -0.15) is 0 Å². The second kappa shape index (κ2) is 5.69. The van der Waals surface area contributed by atoms with Gasteiger partial charge in [-0.1, -0.05) is 13.8 Å². The monoisotopic (exact) mass is 258 g/mol. The van der Waals surface area contributed by atoms with Gasteiger partial charge in [-0.3, -0.25) is 4.79 Å². The molecule has 0 aliphatic carbocycles. The fourth-order valence-corrected chi connectivity index (χ4v) is 1.32. The number of nitrogens with two attached hydrogens (primary N) is 1. The minimum Gasteiger partial charge on any atom is -0.480 e. The van der Waals surface area contributed by atoms with Crippen LogP contribution in [0.2, 0.25) is 0 Å². The van der Waals surface area contributed by atoms with E-state index in [1.165, 1.54) is 0 Å². The molecule has 1 atom stereocenters. The lowest BCUT2D eigenvalue weighted by molar-refractivity contribution is -0.144. The van der Waals surface area contributed by atoms with Crippen molar-refractivity contribution in [1.29, 1.82) is 0 Å². The highest BCUT2D eigenvalue weighted by Crippen LogP contribution is 2.28. The highest BCUT2D eigenvalue weighted by Gasteiger charge is 2.41. The SMILES string of the molecule is CC(C)C[C@@H](NC(=O)C(C)(C)C(C)(C)N)C(=O)O. The zero-order valence-corrected chi connectivity index (χ0v) is 12.2. The van der Waals surface area contributed by atoms with Crippen LogP contribution in [0.3, 0.4) is 0 Å². The molecule has 0 unspecified atom stereocenters. The number of hydrogen-bond acceptors (Lipinski definition) is 3. The Morgan fingerprint density at radius 1 is 1.22 bits per heavy atom. The van der Waals surface area contributed by atoms with E-state index in [-0.39, 0.29) is 11.8 Å². The average Bonchev–Trinajstić information content (AvgIpc) is 2.13. The molecule has 0 fully saturated rings. The van der Waals surface area contributed by atoms with E-state index in [0.29, 0.717) is 6.42 Å². The standard InChI is InChI=1S/C13H26N2O3/c1-8(2)7-9(10(16)17)15-11(18)12(3,4)13(5,6)14/h8-9H,7,14H2,1-6H3,(H,15,18)(H,16,17)/t9-/m1/s1. The Kier molecular flexibility index (Phi) is 5.35. The van der Waals surface area contributed by atoms with Gasteiger partial charge in [-0.25, -0.2) is 4.79 Å². The summed E-state index contributed by atoms with van der Waals surface area (Å²) in [6.07, 6.45) is 0.405. The van der Waals surface area contributed by atoms with Crippen LogP contribution in [0.15, 0.2) is 0 Å². The van der Waals surface area contributed by atoms with Crippen LogP contribution < -0.4 is 11.1 Å². The largest absolute Gasteiger partial charge is 0.480 e. The number of nitrogens with one attached hydrogen (secondary N) is 1. The third kappa shape index (κ3) is 4.29. The summed E-state index contributed by atoms with van der Waals surface area (Å²) in [7, 11) is 0. The van der Waals surface area contributed by atoms with Crippen LogP contribution in [0, 0.1) is 11.3 Å². The molecule has 0 bridgehead atoms. The van der Waals surface area contributed by atoms with Crippen molar-refractivity contribution in [3.63, 3.8) is 0 Å². The van der Waals surface area contributed by atoms with Crippen molar-refractivity contribution >= 4 is 11.9 Å². The van der Waals surface area contributed by atoms with Gasteiger partial charge in [-0.15, -0.1) is 0 Å². The fraction of sp³-hybridized carbons (Fsp3) is 0.846. The molecule has 106 valence electrons. The summed E-state index contributed by atoms with van der Waals surface area (Å²) >= 11 is 0. The molecule has 4 N–H and O–H groups in total. The molecule has 0 aliphatic heterocycles. The predicted molar refractivity (Wildman–Crippen MR) is 71.1 cm³/mol. The van der Waals surface area contributed by atoms with Gasteiger partial charge in [0.05, 0.1) is 5.41 Å². The number of rotatable bonds is 6. The van der Waals surface area contributed by atoms with Crippen molar-refractivity contribution in [2.75, 3.05) is 0 Å². The number of carbonyl (C=O) groups is 2. The summed E-state index contributed by atoms with van der Waals surface area (Å²) in [5, 5.41) is 11.7. The van der Waals surface area contributed by atoms with Gasteiger partial charge < -0.3 is 16.2 Å². The van der Waals surface area contributed by atoms with Crippen LogP contribution in [0.5, 0.6) is 0 Å². The smallest absolute Gasteiger partial charge is 0.326 e. The lowest BCUT2D eigenvalue weighted by atomic mass is 9.74. The molecule has 0 radical (unpaired) electrons. The molecule has 0 saturated carbocycles. The number of carbonyl (C=O) groups excluding carboxylic acids is 1. The van der Waals surface area contributed by atoms with E-state index in [1.807, 2.05) is 13.8 Å². The van der Waals surface area contributed by atoms with Gasteiger partial charge in [0.1, 0.15) is 6.04 Å². The van der Waals surface area contributed by atoms with E-state index < -0.39 is 23.0 Å². The van der Waals surface area contributed by atoms with E-state index in [4.69, 9.17) is 10.8 Å². The normalized spacial score (nSPS) is 14.4. The van der Waals surface area contributed by atoms with Crippen molar-refractivity contribution in [3.05, 3.63) is 0 Å². The molecule has 1 amide bonds. The number of aliphatic carboxylic acids is 1. The molecule has 0 aromatic carbocycles. The van der Waals surface area contributed by atoms with Gasteiger partial charge in [0.2, 0.25) is 5.91 Å². The Morgan fingerprint density at radius 3 is 1.94 bits per heavy atom. The fourth-order valence-electron chi connectivity index (χ4n) is 1.32. The van der Waals surface area contributed by atoms with E-state index in [9.17, 15) is 9.59 Å². The van der Waals surface area contributed by atoms with Crippen molar-refractivity contribution in [2.24, 2.45) is 17.1 Å². The van der Waals surface area contributed by atoms with Gasteiger partial charge in [0.25, 0.3) is 0 Å². The topological polar surface area (TPSA) is 92.4 Å². The van der Waals surface area contributed by atoms with Gasteiger partial charge >= 0.3 is 5.97 Å². The van der Waals surface area contributed by atoms with Crippen molar-refractivity contribution in [2.45, 2.75) is 59.5 Å². The van der Waals surface area contributed by atoms with Crippen LogP contribution >= 0.6 is 0 Å². The zero-order valence-electron chi connectivity index (χ0n) is 12.2. The number of carboxylic acid groups (broad SMARTS) is 1. The minimum absolute atomic E-state index is 0.195. The van der Waals surface area contributed by atoms with Crippen molar-refractivity contribution in [3.8, 4) is 0 Å². The summed E-state index contributed by atoms with van der Waals surface area (Å²) in [6, 6.07) is -0.862. The summed E-state index contributed by atoms with van der Waals surface area (Å²) in [5.41, 5.74) is 4.40. The highest BCUT2D eigenvalue weighted by molar-refractivity contribution is 5.87. The number of amides is 1. The van der Waals surface area contributed by atoms with Gasteiger partial charge in [0, 0.05) is 5.54 Å². The van der Waals surface area contributed by atoms with Crippen LogP contribution in [0.25, 0.3) is 0 Å². The van der Waals surface area contributed by atoms with E-state index in [1.54, 1.807) is 27.7 Å². The second-order valence-corrected chi connectivity index (χ2v) is 6.34. The summed E-state index contributed by atoms with van der Waals surface area (Å²) in [4.78, 5) is 23.3. The van der Waals surface area contributed by atoms with E-state index >= 15 is 0 Å². The molecule has 0 aromatic heterocycles. The van der Waals surface area contributed by atoms with E-state index in [2.05, 4.69) is 5.32 Å². The maximum atomic E-state index is 12.2. The molecule has 0 rings (SSSR count). The molecule has 18 heavy (non-hydrogen) atoms. The van der Waals surface area contributed by atoms with Gasteiger partial charge in [0.15, 0.2) is 0 Å². The zero-order chi connectivity index (χ0) is 14.7. The molecule has 0 aliphatic rings. The predicted octanol–water partition coefficient (Wildman–Crippen LogP) is 1.37. The first kappa shape index (κ1) is 16.9. The molecule has 0 saturated heterocycles. The maximum Gasteiger partial charge on any atom is 0.326 e. The lowest BCUT2D eigenvalue weighted by Gasteiger charge is -2.37.